The number of carbonyl (C=O) groups is 1. The summed E-state index contributed by atoms with van der Waals surface area (Å²) in [5, 5.41) is 3.19. The highest BCUT2D eigenvalue weighted by Gasteiger charge is 2.25. The molecule has 1 aliphatic carbocycles. The number of nitrogens with one attached hydrogen (secondary N) is 1. The van der Waals surface area contributed by atoms with Gasteiger partial charge in [0.05, 0.1) is 5.69 Å². The predicted octanol–water partition coefficient (Wildman–Crippen LogP) is 3.73. The number of benzene rings is 1. The van der Waals surface area contributed by atoms with Crippen LogP contribution in [0.1, 0.15) is 42.7 Å². The number of aromatic nitrogens is 1. The number of rotatable bonds is 4. The lowest BCUT2D eigenvalue weighted by Crippen LogP contribution is -2.52. The van der Waals surface area contributed by atoms with E-state index in [1.54, 1.807) is 0 Å². The number of hydrogen-bond acceptors (Lipinski definition) is 4. The Kier molecular flexibility index (Phi) is 5.67. The van der Waals surface area contributed by atoms with Gasteiger partial charge in [-0.25, -0.2) is 9.78 Å². The Morgan fingerprint density at radius 2 is 1.79 bits per heavy atom. The fourth-order valence-corrected chi connectivity index (χ4v) is 4.05. The smallest absolute Gasteiger partial charge is 0.317 e. The van der Waals surface area contributed by atoms with Crippen LogP contribution >= 0.6 is 0 Å². The molecule has 150 valence electrons. The number of oxazole rings is 1. The molecule has 0 atom stereocenters. The summed E-state index contributed by atoms with van der Waals surface area (Å²) in [5.74, 6) is 1.55. The van der Waals surface area contributed by atoms with Crippen LogP contribution in [0.15, 0.2) is 28.7 Å². The maximum Gasteiger partial charge on any atom is 0.317 e. The molecule has 0 unspecified atom stereocenters. The van der Waals surface area contributed by atoms with Crippen LogP contribution in [-0.4, -0.2) is 53.0 Å². The van der Waals surface area contributed by atoms with Gasteiger partial charge in [0.2, 0.25) is 5.89 Å². The number of amides is 2. The average Bonchev–Trinajstić information content (AvgIpc) is 3.33. The van der Waals surface area contributed by atoms with E-state index in [1.165, 1.54) is 18.4 Å². The van der Waals surface area contributed by atoms with Crippen molar-refractivity contribution in [2.24, 2.45) is 0 Å². The van der Waals surface area contributed by atoms with E-state index in [2.05, 4.69) is 29.3 Å². The van der Waals surface area contributed by atoms with E-state index in [-0.39, 0.29) is 6.03 Å². The molecule has 2 amide bonds. The molecule has 6 nitrogen and oxygen atoms in total. The van der Waals surface area contributed by atoms with Gasteiger partial charge in [0.1, 0.15) is 5.76 Å². The zero-order chi connectivity index (χ0) is 19.5. The minimum absolute atomic E-state index is 0.103. The van der Waals surface area contributed by atoms with Gasteiger partial charge in [0.15, 0.2) is 0 Å². The highest BCUT2D eigenvalue weighted by Crippen LogP contribution is 2.23. The van der Waals surface area contributed by atoms with E-state index in [1.807, 2.05) is 24.0 Å². The van der Waals surface area contributed by atoms with Crippen LogP contribution in [0.25, 0.3) is 11.5 Å². The van der Waals surface area contributed by atoms with Crippen molar-refractivity contribution in [3.8, 4) is 11.5 Å². The lowest BCUT2D eigenvalue weighted by Gasteiger charge is -2.35. The third-order valence-electron chi connectivity index (χ3n) is 5.91. The van der Waals surface area contributed by atoms with Gasteiger partial charge in [0, 0.05) is 44.3 Å². The van der Waals surface area contributed by atoms with E-state index in [0.29, 0.717) is 11.9 Å². The number of hydrogen-bond donors (Lipinski definition) is 1. The van der Waals surface area contributed by atoms with Crippen LogP contribution in [0.2, 0.25) is 0 Å². The zero-order valence-electron chi connectivity index (χ0n) is 16.9. The van der Waals surface area contributed by atoms with Gasteiger partial charge in [-0.05, 0) is 38.8 Å². The first kappa shape index (κ1) is 19.0. The first-order valence-corrected chi connectivity index (χ1v) is 10.4. The Morgan fingerprint density at radius 1 is 1.11 bits per heavy atom. The second-order valence-corrected chi connectivity index (χ2v) is 8.08. The van der Waals surface area contributed by atoms with E-state index in [0.717, 1.165) is 62.6 Å². The molecule has 28 heavy (non-hydrogen) atoms. The van der Waals surface area contributed by atoms with Gasteiger partial charge in [0.25, 0.3) is 0 Å². The first-order valence-electron chi connectivity index (χ1n) is 10.4. The standard InChI is InChI=1S/C22H30N4O2/c1-16-7-9-18(10-8-16)21-24-20(17(2)28-21)15-25-11-13-26(14-12-25)22(27)23-19-5-3-4-6-19/h7-10,19H,3-6,11-15H2,1-2H3,(H,23,27). The Morgan fingerprint density at radius 3 is 2.46 bits per heavy atom. The quantitative estimate of drug-likeness (QED) is 0.875. The summed E-state index contributed by atoms with van der Waals surface area (Å²) in [6.07, 6.45) is 4.72. The molecule has 2 fully saturated rings. The number of carbonyl (C=O) groups excluding carboxylic acids is 1. The van der Waals surface area contributed by atoms with Gasteiger partial charge >= 0.3 is 6.03 Å². The largest absolute Gasteiger partial charge is 0.441 e. The molecule has 2 aromatic rings. The number of piperazine rings is 1. The minimum atomic E-state index is 0.103. The first-order chi connectivity index (χ1) is 13.6. The van der Waals surface area contributed by atoms with Gasteiger partial charge in [-0.15, -0.1) is 0 Å². The lowest BCUT2D eigenvalue weighted by molar-refractivity contribution is 0.132. The van der Waals surface area contributed by atoms with Crippen molar-refractivity contribution in [3.63, 3.8) is 0 Å². The summed E-state index contributed by atoms with van der Waals surface area (Å²) in [6.45, 7) is 8.07. The minimum Gasteiger partial charge on any atom is -0.441 e. The molecule has 0 bridgehead atoms. The van der Waals surface area contributed by atoms with Crippen LogP contribution < -0.4 is 5.32 Å². The molecule has 0 radical (unpaired) electrons. The molecular weight excluding hydrogens is 352 g/mol. The SMILES string of the molecule is Cc1ccc(-c2nc(CN3CCN(C(=O)NC4CCCC4)CC3)c(C)o2)cc1. The Labute approximate surface area is 166 Å². The van der Waals surface area contributed by atoms with Crippen LogP contribution in [0.3, 0.4) is 0 Å². The molecular formula is C22H30N4O2. The van der Waals surface area contributed by atoms with Crippen LogP contribution in [-0.2, 0) is 6.54 Å². The summed E-state index contributed by atoms with van der Waals surface area (Å²) >= 11 is 0. The molecule has 6 heteroatoms. The van der Waals surface area contributed by atoms with Crippen molar-refractivity contribution in [2.45, 2.75) is 52.1 Å². The normalized spacial score (nSPS) is 18.6. The Bertz CT molecular complexity index is 800. The summed E-state index contributed by atoms with van der Waals surface area (Å²) in [7, 11) is 0. The highest BCUT2D eigenvalue weighted by atomic mass is 16.4. The number of aryl methyl sites for hydroxylation is 2. The van der Waals surface area contributed by atoms with E-state index < -0.39 is 0 Å². The molecule has 1 N–H and O–H groups in total. The van der Waals surface area contributed by atoms with E-state index >= 15 is 0 Å². The molecule has 1 aliphatic heterocycles. The molecule has 1 aromatic carbocycles. The third kappa shape index (κ3) is 4.38. The van der Waals surface area contributed by atoms with Crippen molar-refractivity contribution in [3.05, 3.63) is 41.3 Å². The maximum absolute atomic E-state index is 12.4. The third-order valence-corrected chi connectivity index (χ3v) is 5.91. The fourth-order valence-electron chi connectivity index (χ4n) is 4.05. The molecule has 1 saturated heterocycles. The molecule has 4 rings (SSSR count). The van der Waals surface area contributed by atoms with Crippen molar-refractivity contribution in [1.29, 1.82) is 0 Å². The van der Waals surface area contributed by atoms with Gasteiger partial charge < -0.3 is 14.6 Å². The highest BCUT2D eigenvalue weighted by molar-refractivity contribution is 5.74. The number of urea groups is 1. The van der Waals surface area contributed by atoms with Crippen molar-refractivity contribution in [2.75, 3.05) is 26.2 Å². The van der Waals surface area contributed by atoms with Gasteiger partial charge in [-0.1, -0.05) is 30.5 Å². The van der Waals surface area contributed by atoms with Crippen LogP contribution in [0, 0.1) is 13.8 Å². The topological polar surface area (TPSA) is 61.6 Å². The van der Waals surface area contributed by atoms with Crippen molar-refractivity contribution in [1.82, 2.24) is 20.1 Å². The molecule has 1 aromatic heterocycles. The summed E-state index contributed by atoms with van der Waals surface area (Å²) in [5.41, 5.74) is 3.22. The maximum atomic E-state index is 12.4. The summed E-state index contributed by atoms with van der Waals surface area (Å²) in [6, 6.07) is 8.72. The molecule has 2 heterocycles. The monoisotopic (exact) mass is 382 g/mol. The van der Waals surface area contributed by atoms with E-state index in [9.17, 15) is 4.79 Å². The van der Waals surface area contributed by atoms with Gasteiger partial charge in [-0.3, -0.25) is 4.90 Å². The summed E-state index contributed by atoms with van der Waals surface area (Å²) in [4.78, 5) is 21.4. The predicted molar refractivity (Wildman–Crippen MR) is 109 cm³/mol. The van der Waals surface area contributed by atoms with Crippen LogP contribution in [0.5, 0.6) is 0 Å². The second kappa shape index (κ2) is 8.35. The number of nitrogens with zero attached hydrogens (tertiary/aromatic N) is 3. The van der Waals surface area contributed by atoms with Crippen molar-refractivity contribution >= 4 is 6.03 Å². The van der Waals surface area contributed by atoms with E-state index in [4.69, 9.17) is 9.40 Å². The molecule has 1 saturated carbocycles. The average molecular weight is 383 g/mol. The fraction of sp³-hybridized carbons (Fsp3) is 0.545. The van der Waals surface area contributed by atoms with Gasteiger partial charge in [-0.2, -0.15) is 0 Å². The van der Waals surface area contributed by atoms with Crippen molar-refractivity contribution < 1.29 is 9.21 Å². The second-order valence-electron chi connectivity index (χ2n) is 8.08. The Hall–Kier alpha value is -2.34. The summed E-state index contributed by atoms with van der Waals surface area (Å²) < 4.78 is 5.90. The molecule has 2 aliphatic rings. The Balaban J connectivity index is 1.31. The molecule has 0 spiro atoms. The zero-order valence-corrected chi connectivity index (χ0v) is 16.9. The van der Waals surface area contributed by atoms with Crippen LogP contribution in [0.4, 0.5) is 4.79 Å². The lowest BCUT2D eigenvalue weighted by atomic mass is 10.1.